The highest BCUT2D eigenvalue weighted by atomic mass is 79.9. The summed E-state index contributed by atoms with van der Waals surface area (Å²) in [5.41, 5.74) is 2.74. The molecule has 1 aromatic heterocycles. The molecular formula is C14H13BrN2O. The van der Waals surface area contributed by atoms with E-state index in [0.29, 0.717) is 6.42 Å². The smallest absolute Gasteiger partial charge is 0.228 e. The summed E-state index contributed by atoms with van der Waals surface area (Å²) in [4.78, 5) is 15.9. The van der Waals surface area contributed by atoms with Crippen LogP contribution in [0.4, 0.5) is 5.69 Å². The molecule has 0 aliphatic carbocycles. The number of aromatic nitrogens is 1. The van der Waals surface area contributed by atoms with Crippen molar-refractivity contribution in [3.63, 3.8) is 0 Å². The number of aryl methyl sites for hydroxylation is 1. The zero-order valence-electron chi connectivity index (χ0n) is 9.98. The molecule has 3 nitrogen and oxygen atoms in total. The topological polar surface area (TPSA) is 42.0 Å². The van der Waals surface area contributed by atoms with E-state index in [9.17, 15) is 4.79 Å². The van der Waals surface area contributed by atoms with Gasteiger partial charge in [0.05, 0.1) is 18.3 Å². The van der Waals surface area contributed by atoms with Crippen LogP contribution in [0.1, 0.15) is 11.1 Å². The minimum Gasteiger partial charge on any atom is -0.324 e. The van der Waals surface area contributed by atoms with Crippen LogP contribution < -0.4 is 5.32 Å². The Morgan fingerprint density at radius 3 is 2.94 bits per heavy atom. The number of nitrogens with one attached hydrogen (secondary N) is 1. The van der Waals surface area contributed by atoms with E-state index in [1.165, 1.54) is 0 Å². The van der Waals surface area contributed by atoms with Gasteiger partial charge in [-0.1, -0.05) is 28.1 Å². The van der Waals surface area contributed by atoms with E-state index in [1.54, 1.807) is 12.4 Å². The molecule has 0 aliphatic heterocycles. The van der Waals surface area contributed by atoms with Crippen LogP contribution in [0.15, 0.2) is 47.2 Å². The number of pyridine rings is 1. The Kier molecular flexibility index (Phi) is 4.10. The van der Waals surface area contributed by atoms with Gasteiger partial charge < -0.3 is 5.32 Å². The van der Waals surface area contributed by atoms with E-state index < -0.39 is 0 Å². The summed E-state index contributed by atoms with van der Waals surface area (Å²) in [5.74, 6) is -0.0378. The molecule has 2 aromatic rings. The molecule has 92 valence electrons. The second kappa shape index (κ2) is 5.78. The predicted molar refractivity (Wildman–Crippen MR) is 75.4 cm³/mol. The van der Waals surface area contributed by atoms with Crippen LogP contribution in [0.25, 0.3) is 0 Å². The van der Waals surface area contributed by atoms with Crippen LogP contribution in [0.3, 0.4) is 0 Å². The first-order chi connectivity index (χ1) is 8.65. The van der Waals surface area contributed by atoms with Gasteiger partial charge in [0.1, 0.15) is 0 Å². The van der Waals surface area contributed by atoms with Crippen molar-refractivity contribution in [2.45, 2.75) is 13.3 Å². The highest BCUT2D eigenvalue weighted by Gasteiger charge is 2.06. The average Bonchev–Trinajstić information content (AvgIpc) is 2.32. The van der Waals surface area contributed by atoms with Crippen molar-refractivity contribution in [1.82, 2.24) is 4.98 Å². The fourth-order valence-electron chi connectivity index (χ4n) is 1.62. The number of carbonyl (C=O) groups is 1. The Balaban J connectivity index is 2.03. The molecule has 0 spiro atoms. The molecule has 1 aromatic carbocycles. The fourth-order valence-corrected chi connectivity index (χ4v) is 2.07. The highest BCUT2D eigenvalue weighted by molar-refractivity contribution is 9.10. The normalized spacial score (nSPS) is 10.1. The molecule has 0 saturated heterocycles. The van der Waals surface area contributed by atoms with Gasteiger partial charge in [-0.3, -0.25) is 9.78 Å². The number of carbonyl (C=O) groups excluding carboxylic acids is 1. The average molecular weight is 305 g/mol. The van der Waals surface area contributed by atoms with Gasteiger partial charge in [0.15, 0.2) is 0 Å². The lowest BCUT2D eigenvalue weighted by Crippen LogP contribution is -2.15. The molecule has 1 N–H and O–H groups in total. The third-order valence-corrected chi connectivity index (χ3v) is 3.06. The van der Waals surface area contributed by atoms with Gasteiger partial charge in [-0.05, 0) is 36.2 Å². The quantitative estimate of drug-likeness (QED) is 0.945. The Morgan fingerprint density at radius 1 is 1.39 bits per heavy atom. The van der Waals surface area contributed by atoms with Crippen molar-refractivity contribution in [2.75, 3.05) is 5.32 Å². The van der Waals surface area contributed by atoms with Crippen LogP contribution in [0, 0.1) is 6.92 Å². The SMILES string of the molecule is Cc1ccncc1NC(=O)Cc1cccc(Br)c1. The Morgan fingerprint density at radius 2 is 2.22 bits per heavy atom. The number of rotatable bonds is 3. The van der Waals surface area contributed by atoms with Gasteiger partial charge in [-0.2, -0.15) is 0 Å². The van der Waals surface area contributed by atoms with Crippen LogP contribution >= 0.6 is 15.9 Å². The maximum absolute atomic E-state index is 11.9. The Labute approximate surface area is 114 Å². The van der Waals surface area contributed by atoms with Crippen molar-refractivity contribution in [1.29, 1.82) is 0 Å². The molecule has 4 heteroatoms. The molecule has 0 unspecified atom stereocenters. The number of halogens is 1. The lowest BCUT2D eigenvalue weighted by Gasteiger charge is -2.07. The molecule has 0 bridgehead atoms. The molecule has 0 radical (unpaired) electrons. The van der Waals surface area contributed by atoms with Crippen molar-refractivity contribution >= 4 is 27.5 Å². The van der Waals surface area contributed by atoms with Gasteiger partial charge in [-0.25, -0.2) is 0 Å². The van der Waals surface area contributed by atoms with Crippen molar-refractivity contribution in [2.24, 2.45) is 0 Å². The maximum atomic E-state index is 11.9. The molecule has 1 amide bonds. The fraction of sp³-hybridized carbons (Fsp3) is 0.143. The predicted octanol–water partition coefficient (Wildman–Crippen LogP) is 3.33. The minimum atomic E-state index is -0.0378. The molecule has 0 aliphatic rings. The van der Waals surface area contributed by atoms with E-state index in [1.807, 2.05) is 37.3 Å². The molecular weight excluding hydrogens is 292 g/mol. The zero-order chi connectivity index (χ0) is 13.0. The maximum Gasteiger partial charge on any atom is 0.228 e. The summed E-state index contributed by atoms with van der Waals surface area (Å²) in [5, 5.41) is 2.86. The first kappa shape index (κ1) is 12.8. The summed E-state index contributed by atoms with van der Waals surface area (Å²) in [6, 6.07) is 9.60. The van der Waals surface area contributed by atoms with Crippen LogP contribution in [0.5, 0.6) is 0 Å². The van der Waals surface area contributed by atoms with Gasteiger partial charge in [-0.15, -0.1) is 0 Å². The van der Waals surface area contributed by atoms with E-state index in [2.05, 4.69) is 26.2 Å². The third kappa shape index (κ3) is 3.40. The summed E-state index contributed by atoms with van der Waals surface area (Å²) in [6.45, 7) is 1.94. The largest absolute Gasteiger partial charge is 0.324 e. The van der Waals surface area contributed by atoms with Crippen LogP contribution in [-0.2, 0) is 11.2 Å². The second-order valence-electron chi connectivity index (χ2n) is 4.05. The first-order valence-corrected chi connectivity index (χ1v) is 6.39. The van der Waals surface area contributed by atoms with Crippen LogP contribution in [-0.4, -0.2) is 10.9 Å². The lowest BCUT2D eigenvalue weighted by atomic mass is 10.1. The molecule has 0 atom stereocenters. The van der Waals surface area contributed by atoms with Gasteiger partial charge in [0.25, 0.3) is 0 Å². The van der Waals surface area contributed by atoms with E-state index >= 15 is 0 Å². The standard InChI is InChI=1S/C14H13BrN2O/c1-10-5-6-16-9-13(10)17-14(18)8-11-3-2-4-12(15)7-11/h2-7,9H,8H2,1H3,(H,17,18). The van der Waals surface area contributed by atoms with Gasteiger partial charge in [0, 0.05) is 10.7 Å². The number of hydrogen-bond donors (Lipinski definition) is 1. The number of hydrogen-bond acceptors (Lipinski definition) is 2. The van der Waals surface area contributed by atoms with Crippen molar-refractivity contribution < 1.29 is 4.79 Å². The van der Waals surface area contributed by atoms with Gasteiger partial charge >= 0.3 is 0 Å². The lowest BCUT2D eigenvalue weighted by molar-refractivity contribution is -0.115. The van der Waals surface area contributed by atoms with E-state index in [-0.39, 0.29) is 5.91 Å². The third-order valence-electron chi connectivity index (χ3n) is 2.57. The molecule has 18 heavy (non-hydrogen) atoms. The summed E-state index contributed by atoms with van der Waals surface area (Å²) in [6.07, 6.45) is 3.72. The summed E-state index contributed by atoms with van der Waals surface area (Å²) >= 11 is 3.39. The second-order valence-corrected chi connectivity index (χ2v) is 4.96. The van der Waals surface area contributed by atoms with Crippen LogP contribution in [0.2, 0.25) is 0 Å². The zero-order valence-corrected chi connectivity index (χ0v) is 11.6. The summed E-state index contributed by atoms with van der Waals surface area (Å²) < 4.78 is 0.977. The number of amides is 1. The summed E-state index contributed by atoms with van der Waals surface area (Å²) in [7, 11) is 0. The highest BCUT2D eigenvalue weighted by Crippen LogP contribution is 2.14. The monoisotopic (exact) mass is 304 g/mol. The molecule has 1 heterocycles. The van der Waals surface area contributed by atoms with Crippen molar-refractivity contribution in [3.05, 3.63) is 58.3 Å². The molecule has 2 rings (SSSR count). The van der Waals surface area contributed by atoms with E-state index in [0.717, 1.165) is 21.3 Å². The Bertz CT molecular complexity index is 569. The number of benzene rings is 1. The van der Waals surface area contributed by atoms with Crippen molar-refractivity contribution in [3.8, 4) is 0 Å². The van der Waals surface area contributed by atoms with Gasteiger partial charge in [0.2, 0.25) is 5.91 Å². The Hall–Kier alpha value is -1.68. The number of anilines is 1. The minimum absolute atomic E-state index is 0.0378. The molecule has 0 fully saturated rings. The number of nitrogens with zero attached hydrogens (tertiary/aromatic N) is 1. The first-order valence-electron chi connectivity index (χ1n) is 5.60. The van der Waals surface area contributed by atoms with E-state index in [4.69, 9.17) is 0 Å². The molecule has 0 saturated carbocycles.